The van der Waals surface area contributed by atoms with E-state index < -0.39 is 28.1 Å². The van der Waals surface area contributed by atoms with Gasteiger partial charge in [-0.1, -0.05) is 17.3 Å². The van der Waals surface area contributed by atoms with Crippen LogP contribution in [-0.4, -0.2) is 44.2 Å². The quantitative estimate of drug-likeness (QED) is 0.575. The van der Waals surface area contributed by atoms with Crippen LogP contribution in [0.5, 0.6) is 11.5 Å². The van der Waals surface area contributed by atoms with E-state index in [2.05, 4.69) is 9.68 Å². The van der Waals surface area contributed by atoms with Gasteiger partial charge in [0, 0.05) is 13.1 Å². The topological polar surface area (TPSA) is 81.9 Å². The van der Waals surface area contributed by atoms with Crippen molar-refractivity contribution in [3.63, 3.8) is 0 Å². The van der Waals surface area contributed by atoms with E-state index in [1.807, 2.05) is 0 Å². The largest absolute Gasteiger partial charge is 0.486 e. The molecule has 1 atom stereocenters. The Kier molecular flexibility index (Phi) is 5.24. The van der Waals surface area contributed by atoms with Gasteiger partial charge in [-0.15, -0.1) is 11.3 Å². The molecule has 0 spiro atoms. The number of rotatable bonds is 5. The first-order valence-electron chi connectivity index (χ1n) is 8.63. The Morgan fingerprint density at radius 3 is 2.63 bits per heavy atom. The molecule has 160 valence electrons. The number of ether oxygens (including phenoxy) is 2. The highest BCUT2D eigenvalue weighted by Crippen LogP contribution is 2.36. The standard InChI is InChI=1S/C18H15F3N2O5S2/c1-23(9-11-10-26-13-4-2-3-5-14(13)27-11)30(24,25)17-7-6-15(29-17)12-8-16(28-22-12)18(19,20)21/h2-8,11H,9-10H2,1H3. The van der Waals surface area contributed by atoms with Gasteiger partial charge in [-0.05, 0) is 24.3 Å². The van der Waals surface area contributed by atoms with Crippen LogP contribution < -0.4 is 9.47 Å². The predicted octanol–water partition coefficient (Wildman–Crippen LogP) is 3.88. The number of sulfonamides is 1. The van der Waals surface area contributed by atoms with Crippen LogP contribution in [-0.2, 0) is 16.2 Å². The van der Waals surface area contributed by atoms with Crippen molar-refractivity contribution in [3.05, 3.63) is 48.2 Å². The minimum absolute atomic E-state index is 0.0336. The monoisotopic (exact) mass is 460 g/mol. The molecule has 12 heteroatoms. The summed E-state index contributed by atoms with van der Waals surface area (Å²) < 4.78 is 80.5. The minimum Gasteiger partial charge on any atom is -0.486 e. The average Bonchev–Trinajstić information content (AvgIpc) is 3.37. The fraction of sp³-hybridized carbons (Fsp3) is 0.278. The van der Waals surface area contributed by atoms with E-state index in [0.717, 1.165) is 21.7 Å². The zero-order chi connectivity index (χ0) is 21.5. The summed E-state index contributed by atoms with van der Waals surface area (Å²) in [6, 6.07) is 10.5. The van der Waals surface area contributed by atoms with Crippen LogP contribution in [0.3, 0.4) is 0 Å². The molecule has 0 saturated carbocycles. The van der Waals surface area contributed by atoms with Crippen molar-refractivity contribution in [1.82, 2.24) is 9.46 Å². The average molecular weight is 460 g/mol. The van der Waals surface area contributed by atoms with Crippen LogP contribution in [0, 0.1) is 0 Å². The predicted molar refractivity (Wildman–Crippen MR) is 101 cm³/mol. The van der Waals surface area contributed by atoms with Gasteiger partial charge in [-0.2, -0.15) is 17.5 Å². The minimum atomic E-state index is -4.67. The highest BCUT2D eigenvalue weighted by molar-refractivity contribution is 7.91. The Morgan fingerprint density at radius 2 is 1.93 bits per heavy atom. The van der Waals surface area contributed by atoms with Gasteiger partial charge in [0.1, 0.15) is 22.6 Å². The molecule has 1 aromatic carbocycles. The molecule has 0 aliphatic carbocycles. The Bertz CT molecular complexity index is 1160. The third kappa shape index (κ3) is 4.02. The molecular weight excluding hydrogens is 445 g/mol. The van der Waals surface area contributed by atoms with Crippen LogP contribution in [0.25, 0.3) is 10.6 Å². The number of thiophene rings is 1. The third-order valence-electron chi connectivity index (χ3n) is 4.32. The summed E-state index contributed by atoms with van der Waals surface area (Å²) in [4.78, 5) is 0.243. The second kappa shape index (κ2) is 7.60. The van der Waals surface area contributed by atoms with Gasteiger partial charge in [-0.3, -0.25) is 0 Å². The molecule has 3 heterocycles. The number of likely N-dealkylation sites (N-methyl/N-ethyl adjacent to an activating group) is 1. The van der Waals surface area contributed by atoms with E-state index in [4.69, 9.17) is 9.47 Å². The molecule has 30 heavy (non-hydrogen) atoms. The van der Waals surface area contributed by atoms with Gasteiger partial charge < -0.3 is 14.0 Å². The third-order valence-corrected chi connectivity index (χ3v) is 7.71. The first kappa shape index (κ1) is 20.7. The summed E-state index contributed by atoms with van der Waals surface area (Å²) in [7, 11) is -2.49. The van der Waals surface area contributed by atoms with Gasteiger partial charge in [0.05, 0.1) is 11.4 Å². The molecule has 0 N–H and O–H groups in total. The lowest BCUT2D eigenvalue weighted by molar-refractivity contribution is -0.155. The molecule has 0 radical (unpaired) electrons. The van der Waals surface area contributed by atoms with E-state index in [9.17, 15) is 21.6 Å². The summed E-state index contributed by atoms with van der Waals surface area (Å²) in [5, 5.41) is 3.38. The SMILES string of the molecule is CN(CC1COc2ccccc2O1)S(=O)(=O)c1ccc(-c2cc(C(F)(F)F)on2)s1. The van der Waals surface area contributed by atoms with E-state index in [-0.39, 0.29) is 27.9 Å². The number of fused-ring (bicyclic) bond motifs is 1. The zero-order valence-electron chi connectivity index (χ0n) is 15.4. The number of halogens is 3. The molecule has 0 fully saturated rings. The summed E-state index contributed by atoms with van der Waals surface area (Å²) in [5.74, 6) is -0.125. The molecule has 2 aromatic heterocycles. The number of benzene rings is 1. The van der Waals surface area contributed by atoms with E-state index in [1.165, 1.54) is 19.2 Å². The van der Waals surface area contributed by atoms with Gasteiger partial charge in [0.25, 0.3) is 10.0 Å². The van der Waals surface area contributed by atoms with Crippen molar-refractivity contribution in [2.45, 2.75) is 16.5 Å². The fourth-order valence-electron chi connectivity index (χ4n) is 2.81. The molecule has 0 amide bonds. The molecule has 0 saturated heterocycles. The van der Waals surface area contributed by atoms with Crippen LogP contribution in [0.2, 0.25) is 0 Å². The van der Waals surface area contributed by atoms with Crippen molar-refractivity contribution in [2.75, 3.05) is 20.2 Å². The Morgan fingerprint density at radius 1 is 1.20 bits per heavy atom. The molecule has 7 nitrogen and oxygen atoms in total. The highest BCUT2D eigenvalue weighted by atomic mass is 32.2. The molecule has 1 unspecified atom stereocenters. The smallest absolute Gasteiger partial charge is 0.452 e. The Labute approximate surface area is 173 Å². The number of para-hydroxylation sites is 2. The van der Waals surface area contributed by atoms with Crippen LogP contribution >= 0.6 is 11.3 Å². The summed E-state index contributed by atoms with van der Waals surface area (Å²) in [6.07, 6.45) is -5.18. The number of hydrogen-bond donors (Lipinski definition) is 0. The van der Waals surface area contributed by atoms with Gasteiger partial charge in [0.15, 0.2) is 11.5 Å². The number of hydrogen-bond acceptors (Lipinski definition) is 7. The molecule has 3 aromatic rings. The summed E-state index contributed by atoms with van der Waals surface area (Å²) in [6.45, 7) is 0.220. The lowest BCUT2D eigenvalue weighted by atomic mass is 10.2. The summed E-state index contributed by atoms with van der Waals surface area (Å²) in [5.41, 5.74) is -0.0861. The molecule has 4 rings (SSSR count). The number of alkyl halides is 3. The van der Waals surface area contributed by atoms with Gasteiger partial charge >= 0.3 is 6.18 Å². The van der Waals surface area contributed by atoms with Crippen molar-refractivity contribution < 1.29 is 35.6 Å². The number of aromatic nitrogens is 1. The van der Waals surface area contributed by atoms with E-state index >= 15 is 0 Å². The lowest BCUT2D eigenvalue weighted by Gasteiger charge is -2.29. The van der Waals surface area contributed by atoms with Crippen LogP contribution in [0.15, 0.2) is 51.2 Å². The van der Waals surface area contributed by atoms with Gasteiger partial charge in [-0.25, -0.2) is 8.42 Å². The normalized spacial score (nSPS) is 16.8. The van der Waals surface area contributed by atoms with Crippen molar-refractivity contribution >= 4 is 21.4 Å². The summed E-state index contributed by atoms with van der Waals surface area (Å²) >= 11 is 0.804. The maximum absolute atomic E-state index is 12.9. The van der Waals surface area contributed by atoms with Crippen LogP contribution in [0.1, 0.15) is 5.76 Å². The maximum atomic E-state index is 12.9. The molecule has 0 bridgehead atoms. The second-order valence-electron chi connectivity index (χ2n) is 6.48. The van der Waals surface area contributed by atoms with Gasteiger partial charge in [0.2, 0.25) is 5.76 Å². The van der Waals surface area contributed by atoms with Crippen molar-refractivity contribution in [2.24, 2.45) is 0 Å². The fourth-order valence-corrected chi connectivity index (χ4v) is 5.48. The van der Waals surface area contributed by atoms with Crippen molar-refractivity contribution in [3.8, 4) is 22.1 Å². The lowest BCUT2D eigenvalue weighted by Crippen LogP contribution is -2.41. The van der Waals surface area contributed by atoms with E-state index in [1.54, 1.807) is 24.3 Å². The van der Waals surface area contributed by atoms with E-state index in [0.29, 0.717) is 11.5 Å². The van der Waals surface area contributed by atoms with Crippen molar-refractivity contribution in [1.29, 1.82) is 0 Å². The first-order chi connectivity index (χ1) is 14.1. The highest BCUT2D eigenvalue weighted by Gasteiger charge is 2.36. The molecule has 1 aliphatic heterocycles. The zero-order valence-corrected chi connectivity index (χ0v) is 17.1. The second-order valence-corrected chi connectivity index (χ2v) is 9.83. The first-order valence-corrected chi connectivity index (χ1v) is 10.9. The molecule has 1 aliphatic rings. The Hall–Kier alpha value is -2.57. The Balaban J connectivity index is 1.48. The maximum Gasteiger partial charge on any atom is 0.452 e. The molecular formula is C18H15F3N2O5S2. The van der Waals surface area contributed by atoms with Crippen LogP contribution in [0.4, 0.5) is 13.2 Å². The number of nitrogens with zero attached hydrogens (tertiary/aromatic N) is 2.